The van der Waals surface area contributed by atoms with Crippen LogP contribution in [0, 0.1) is 0 Å². The van der Waals surface area contributed by atoms with E-state index in [2.05, 4.69) is 27.7 Å². The van der Waals surface area contributed by atoms with Crippen LogP contribution in [-0.2, 0) is 0 Å². The predicted octanol–water partition coefficient (Wildman–Crippen LogP) is 7.50. The van der Waals surface area contributed by atoms with Gasteiger partial charge in [0.25, 0.3) is 0 Å². The maximum absolute atomic E-state index is 2.37. The second-order valence-electron chi connectivity index (χ2n) is 9.54. The molecule has 0 aliphatic rings. The second-order valence-corrected chi connectivity index (χ2v) is 14.0. The molecule has 0 bridgehead atoms. The smallest absolute Gasteiger partial charge is 0.0594 e. The largest absolute Gasteiger partial charge is 1.00 e. The minimum atomic E-state index is -0.659. The summed E-state index contributed by atoms with van der Waals surface area (Å²) in [5.74, 6) is 0. The number of rotatable bonds is 23. The van der Waals surface area contributed by atoms with Crippen molar-refractivity contribution in [3.05, 3.63) is 0 Å². The third kappa shape index (κ3) is 20.6. The lowest BCUT2D eigenvalue weighted by Gasteiger charge is -2.28. The van der Waals surface area contributed by atoms with E-state index >= 15 is 0 Å². The fourth-order valence-electron chi connectivity index (χ4n) is 4.70. The summed E-state index contributed by atoms with van der Waals surface area (Å²) in [6, 6.07) is 0. The minimum absolute atomic E-state index is 0. The Morgan fingerprint density at radius 1 is 0.310 bits per heavy atom. The first-order valence-corrected chi connectivity index (χ1v) is 16.1. The van der Waals surface area contributed by atoms with Gasteiger partial charge in [0.05, 0.1) is 24.6 Å². The Labute approximate surface area is 198 Å². The van der Waals surface area contributed by atoms with Gasteiger partial charge in [0.2, 0.25) is 0 Å². The van der Waals surface area contributed by atoms with Gasteiger partial charge in [0.1, 0.15) is 0 Å². The van der Waals surface area contributed by atoms with Gasteiger partial charge in [-0.3, -0.25) is 0 Å². The van der Waals surface area contributed by atoms with Crippen LogP contribution in [0.5, 0.6) is 0 Å². The summed E-state index contributed by atoms with van der Waals surface area (Å²) in [6.45, 7) is 9.43. The lowest BCUT2D eigenvalue weighted by Crippen LogP contribution is -3.00. The van der Waals surface area contributed by atoms with Crippen LogP contribution in [0.15, 0.2) is 0 Å². The normalized spacial score (nSPS) is 11.6. The highest BCUT2D eigenvalue weighted by Crippen LogP contribution is 2.61. The molecule has 0 nitrogen and oxygen atoms in total. The van der Waals surface area contributed by atoms with Crippen molar-refractivity contribution in [1.29, 1.82) is 0 Å². The van der Waals surface area contributed by atoms with Crippen molar-refractivity contribution in [3.8, 4) is 0 Å². The average molecular weight is 494 g/mol. The molecule has 0 heterocycles. The van der Waals surface area contributed by atoms with Gasteiger partial charge in [0, 0.05) is 7.26 Å². The Morgan fingerprint density at radius 2 is 0.517 bits per heavy atom. The van der Waals surface area contributed by atoms with Crippen LogP contribution >= 0.6 is 7.26 Å². The molecule has 0 amide bonds. The molecule has 0 N–H and O–H groups in total. The standard InChI is InChI=1S/C27H58P.BrH/c1-5-9-13-14-15-16-17-18-19-23-27-28(24-20-10-6-2,25-21-11-7-3)26-22-12-8-4;/h5-27H2,1-4H3;1H/q+1;/p-1. The maximum atomic E-state index is 2.37. The fourth-order valence-corrected chi connectivity index (χ4v) is 9.62. The molecule has 0 radical (unpaired) electrons. The quantitative estimate of drug-likeness (QED) is 0.102. The van der Waals surface area contributed by atoms with Crippen molar-refractivity contribution in [2.24, 2.45) is 0 Å². The van der Waals surface area contributed by atoms with Crippen molar-refractivity contribution in [3.63, 3.8) is 0 Å². The summed E-state index contributed by atoms with van der Waals surface area (Å²) >= 11 is 0. The van der Waals surface area contributed by atoms with E-state index in [1.807, 2.05) is 0 Å². The van der Waals surface area contributed by atoms with E-state index in [1.165, 1.54) is 116 Å². The molecular weight excluding hydrogens is 435 g/mol. The average Bonchev–Trinajstić information content (AvgIpc) is 2.70. The molecule has 0 aromatic heterocycles. The van der Waals surface area contributed by atoms with E-state index in [-0.39, 0.29) is 17.0 Å². The molecule has 0 atom stereocenters. The van der Waals surface area contributed by atoms with E-state index in [1.54, 1.807) is 31.1 Å². The Balaban J connectivity index is 0. The first-order chi connectivity index (χ1) is 13.7. The van der Waals surface area contributed by atoms with E-state index in [0.29, 0.717) is 0 Å². The van der Waals surface area contributed by atoms with Gasteiger partial charge in [-0.25, -0.2) is 0 Å². The highest BCUT2D eigenvalue weighted by Gasteiger charge is 2.34. The summed E-state index contributed by atoms with van der Waals surface area (Å²) in [6.07, 6.45) is 34.5. The van der Waals surface area contributed by atoms with Crippen LogP contribution in [0.3, 0.4) is 0 Å². The van der Waals surface area contributed by atoms with Crippen LogP contribution in [0.4, 0.5) is 0 Å². The first-order valence-electron chi connectivity index (χ1n) is 13.6. The molecule has 0 unspecified atom stereocenters. The molecule has 0 saturated carbocycles. The van der Waals surface area contributed by atoms with E-state index in [4.69, 9.17) is 0 Å². The van der Waals surface area contributed by atoms with Crippen molar-refractivity contribution < 1.29 is 17.0 Å². The highest BCUT2D eigenvalue weighted by molar-refractivity contribution is 7.75. The van der Waals surface area contributed by atoms with Crippen LogP contribution in [0.2, 0.25) is 0 Å². The highest BCUT2D eigenvalue weighted by atomic mass is 79.9. The molecule has 0 fully saturated rings. The number of hydrogen-bond donors (Lipinski definition) is 0. The van der Waals surface area contributed by atoms with Gasteiger partial charge in [0.15, 0.2) is 0 Å². The van der Waals surface area contributed by atoms with Gasteiger partial charge in [-0.2, -0.15) is 0 Å². The number of hydrogen-bond acceptors (Lipinski definition) is 0. The second kappa shape index (κ2) is 25.2. The molecule has 0 aliphatic carbocycles. The molecule has 178 valence electrons. The number of unbranched alkanes of at least 4 members (excludes halogenated alkanes) is 15. The summed E-state index contributed by atoms with van der Waals surface area (Å²) < 4.78 is 0. The van der Waals surface area contributed by atoms with Crippen LogP contribution in [0.1, 0.15) is 150 Å². The molecule has 0 saturated heterocycles. The Morgan fingerprint density at radius 3 is 0.828 bits per heavy atom. The van der Waals surface area contributed by atoms with Gasteiger partial charge in [-0.05, 0) is 32.1 Å². The van der Waals surface area contributed by atoms with Gasteiger partial charge in [-0.1, -0.05) is 118 Å². The summed E-state index contributed by atoms with van der Waals surface area (Å²) in [4.78, 5) is 0. The zero-order valence-corrected chi connectivity index (χ0v) is 23.6. The molecule has 0 aromatic carbocycles. The van der Waals surface area contributed by atoms with Crippen molar-refractivity contribution in [2.45, 2.75) is 150 Å². The zero-order valence-electron chi connectivity index (χ0n) is 21.1. The Bertz CT molecular complexity index is 266. The third-order valence-corrected chi connectivity index (χ3v) is 11.8. The molecule has 29 heavy (non-hydrogen) atoms. The van der Waals surface area contributed by atoms with E-state index in [9.17, 15) is 0 Å². The van der Waals surface area contributed by atoms with Crippen LogP contribution in [0.25, 0.3) is 0 Å². The molecular formula is C27H58BrP. The maximum Gasteiger partial charge on any atom is 0.0594 e. The first kappa shape index (κ1) is 32.1. The van der Waals surface area contributed by atoms with Crippen LogP contribution < -0.4 is 17.0 Å². The molecule has 0 rings (SSSR count). The fraction of sp³-hybridized carbons (Fsp3) is 1.00. The van der Waals surface area contributed by atoms with Crippen molar-refractivity contribution in [2.75, 3.05) is 24.6 Å². The molecule has 0 aromatic rings. The predicted molar refractivity (Wildman–Crippen MR) is 137 cm³/mol. The lowest BCUT2D eigenvalue weighted by atomic mass is 10.1. The van der Waals surface area contributed by atoms with Gasteiger partial charge >= 0.3 is 0 Å². The third-order valence-electron chi connectivity index (χ3n) is 6.69. The van der Waals surface area contributed by atoms with Gasteiger partial charge in [-0.15, -0.1) is 0 Å². The molecule has 0 spiro atoms. The summed E-state index contributed by atoms with van der Waals surface area (Å²) in [5, 5.41) is 0. The SMILES string of the molecule is CCCCCCCCCCCC[P+](CCCCC)(CCCCC)CCCCC.[Br-]. The minimum Gasteiger partial charge on any atom is -1.00 e. The zero-order chi connectivity index (χ0) is 20.8. The molecule has 0 aliphatic heterocycles. The lowest BCUT2D eigenvalue weighted by molar-refractivity contribution is -0.00000646. The topological polar surface area (TPSA) is 0 Å². The summed E-state index contributed by atoms with van der Waals surface area (Å²) in [7, 11) is -0.659. The van der Waals surface area contributed by atoms with E-state index < -0.39 is 7.26 Å². The summed E-state index contributed by atoms with van der Waals surface area (Å²) in [5.41, 5.74) is 0. The number of halogens is 1. The Hall–Kier alpha value is 0.910. The van der Waals surface area contributed by atoms with Gasteiger partial charge < -0.3 is 17.0 Å². The monoisotopic (exact) mass is 492 g/mol. The molecule has 2 heteroatoms. The Kier molecular flexibility index (Phi) is 27.9. The van der Waals surface area contributed by atoms with Crippen molar-refractivity contribution in [1.82, 2.24) is 0 Å². The van der Waals surface area contributed by atoms with Crippen molar-refractivity contribution >= 4 is 7.26 Å². The van der Waals surface area contributed by atoms with Crippen LogP contribution in [-0.4, -0.2) is 24.6 Å². The van der Waals surface area contributed by atoms with E-state index in [0.717, 1.165) is 0 Å².